The lowest BCUT2D eigenvalue weighted by Gasteiger charge is -2.29. The zero-order valence-electron chi connectivity index (χ0n) is 12.4. The number of esters is 1. The van der Waals surface area contributed by atoms with E-state index in [0.29, 0.717) is 25.0 Å². The fourth-order valence-electron chi connectivity index (χ4n) is 2.83. The first-order valence-corrected chi connectivity index (χ1v) is 7.46. The molecule has 20 heavy (non-hydrogen) atoms. The van der Waals surface area contributed by atoms with Gasteiger partial charge in [-0.1, -0.05) is 44.0 Å². The Balaban J connectivity index is 1.96. The van der Waals surface area contributed by atoms with Crippen LogP contribution in [0.5, 0.6) is 0 Å². The van der Waals surface area contributed by atoms with Gasteiger partial charge in [-0.3, -0.25) is 4.79 Å². The average molecular weight is 276 g/mol. The van der Waals surface area contributed by atoms with Crippen molar-refractivity contribution in [1.82, 2.24) is 0 Å². The lowest BCUT2D eigenvalue weighted by molar-refractivity contribution is -0.139. The molecule has 3 nitrogen and oxygen atoms in total. The summed E-state index contributed by atoms with van der Waals surface area (Å²) in [6.45, 7) is 2.85. The summed E-state index contributed by atoms with van der Waals surface area (Å²) in [5.41, 5.74) is 2.10. The van der Waals surface area contributed by atoms with Crippen LogP contribution in [0.2, 0.25) is 0 Å². The molecule has 3 heteroatoms. The predicted octanol–water partition coefficient (Wildman–Crippen LogP) is 3.50. The first-order valence-electron chi connectivity index (χ1n) is 7.46. The van der Waals surface area contributed by atoms with Crippen molar-refractivity contribution >= 4 is 5.97 Å². The maximum atomic E-state index is 11.4. The number of rotatable bonds is 5. The number of carbonyl (C=O) groups is 1. The molecule has 1 aromatic carbocycles. The monoisotopic (exact) mass is 276 g/mol. The maximum Gasteiger partial charge on any atom is 0.309 e. The Hall–Kier alpha value is -1.35. The Labute approximate surface area is 121 Å². The van der Waals surface area contributed by atoms with Crippen molar-refractivity contribution in [2.75, 3.05) is 7.11 Å². The van der Waals surface area contributed by atoms with E-state index >= 15 is 0 Å². The molecule has 1 aliphatic rings. The zero-order valence-corrected chi connectivity index (χ0v) is 12.4. The van der Waals surface area contributed by atoms with Crippen molar-refractivity contribution < 1.29 is 14.3 Å². The first-order chi connectivity index (χ1) is 9.70. The largest absolute Gasteiger partial charge is 0.469 e. The van der Waals surface area contributed by atoms with E-state index < -0.39 is 0 Å². The lowest BCUT2D eigenvalue weighted by Crippen LogP contribution is -2.25. The van der Waals surface area contributed by atoms with Crippen LogP contribution >= 0.6 is 0 Å². The molecule has 1 fully saturated rings. The van der Waals surface area contributed by atoms with Gasteiger partial charge < -0.3 is 9.47 Å². The summed E-state index contributed by atoms with van der Waals surface area (Å²) >= 11 is 0. The topological polar surface area (TPSA) is 35.5 Å². The molecule has 2 rings (SSSR count). The van der Waals surface area contributed by atoms with Crippen molar-refractivity contribution in [3.63, 3.8) is 0 Å². The van der Waals surface area contributed by atoms with Gasteiger partial charge in [-0.05, 0) is 29.9 Å². The van der Waals surface area contributed by atoms with Crippen LogP contribution in [0.4, 0.5) is 0 Å². The van der Waals surface area contributed by atoms with Crippen LogP contribution in [0.15, 0.2) is 24.3 Å². The summed E-state index contributed by atoms with van der Waals surface area (Å²) in [7, 11) is 1.42. The summed E-state index contributed by atoms with van der Waals surface area (Å²) < 4.78 is 10.8. The molecule has 0 spiro atoms. The van der Waals surface area contributed by atoms with E-state index in [0.717, 1.165) is 17.5 Å². The van der Waals surface area contributed by atoms with Crippen molar-refractivity contribution in [3.05, 3.63) is 35.4 Å². The summed E-state index contributed by atoms with van der Waals surface area (Å²) in [6, 6.07) is 7.94. The van der Waals surface area contributed by atoms with Gasteiger partial charge in [0, 0.05) is 0 Å². The number of hydrogen-bond donors (Lipinski definition) is 0. The Morgan fingerprint density at radius 3 is 2.60 bits per heavy atom. The molecule has 2 unspecified atom stereocenters. The van der Waals surface area contributed by atoms with Gasteiger partial charge in [0.25, 0.3) is 0 Å². The van der Waals surface area contributed by atoms with Gasteiger partial charge in [0.15, 0.2) is 0 Å². The third-order valence-electron chi connectivity index (χ3n) is 4.17. The van der Waals surface area contributed by atoms with Gasteiger partial charge >= 0.3 is 5.97 Å². The van der Waals surface area contributed by atoms with Gasteiger partial charge in [0.2, 0.25) is 0 Å². The van der Waals surface area contributed by atoms with E-state index in [4.69, 9.17) is 9.47 Å². The normalized spacial score (nSPS) is 22.5. The SMILES string of the molecule is COC(=O)Cc1ccccc1COC1CCCCC1C. The highest BCUT2D eigenvalue weighted by atomic mass is 16.5. The average Bonchev–Trinajstić information content (AvgIpc) is 2.47. The quantitative estimate of drug-likeness (QED) is 0.772. The van der Waals surface area contributed by atoms with Crippen LogP contribution in [-0.4, -0.2) is 19.2 Å². The molecule has 0 heterocycles. The highest BCUT2D eigenvalue weighted by Crippen LogP contribution is 2.27. The molecule has 0 aliphatic heterocycles. The van der Waals surface area contributed by atoms with E-state index in [1.165, 1.54) is 26.4 Å². The number of methoxy groups -OCH3 is 1. The van der Waals surface area contributed by atoms with Crippen molar-refractivity contribution in [2.24, 2.45) is 5.92 Å². The standard InChI is InChI=1S/C17H24O3/c1-13-7-3-6-10-16(13)20-12-15-9-5-4-8-14(15)11-17(18)19-2/h4-5,8-9,13,16H,3,6-7,10-12H2,1-2H3. The molecule has 1 aromatic rings. The van der Waals surface area contributed by atoms with Crippen LogP contribution in [0.25, 0.3) is 0 Å². The minimum Gasteiger partial charge on any atom is -0.469 e. The Morgan fingerprint density at radius 2 is 1.90 bits per heavy atom. The smallest absolute Gasteiger partial charge is 0.309 e. The third-order valence-corrected chi connectivity index (χ3v) is 4.17. The van der Waals surface area contributed by atoms with Crippen LogP contribution in [0.1, 0.15) is 43.7 Å². The van der Waals surface area contributed by atoms with Crippen LogP contribution in [-0.2, 0) is 27.3 Å². The van der Waals surface area contributed by atoms with E-state index in [2.05, 4.69) is 6.92 Å². The van der Waals surface area contributed by atoms with Gasteiger partial charge in [0.1, 0.15) is 0 Å². The minimum absolute atomic E-state index is 0.205. The van der Waals surface area contributed by atoms with E-state index in [1.54, 1.807) is 0 Å². The Bertz CT molecular complexity index is 442. The maximum absolute atomic E-state index is 11.4. The highest BCUT2D eigenvalue weighted by Gasteiger charge is 2.22. The molecule has 110 valence electrons. The molecule has 0 amide bonds. The molecular weight excluding hydrogens is 252 g/mol. The summed E-state index contributed by atoms with van der Waals surface area (Å²) in [6.07, 6.45) is 5.67. The van der Waals surface area contributed by atoms with Crippen LogP contribution in [0, 0.1) is 5.92 Å². The van der Waals surface area contributed by atoms with Crippen LogP contribution in [0.3, 0.4) is 0 Å². The van der Waals surface area contributed by atoms with Crippen LogP contribution < -0.4 is 0 Å². The second kappa shape index (κ2) is 7.44. The molecular formula is C17H24O3. The summed E-state index contributed by atoms with van der Waals surface area (Å²) in [5.74, 6) is 0.431. The minimum atomic E-state index is -0.205. The second-order valence-electron chi connectivity index (χ2n) is 5.63. The van der Waals surface area contributed by atoms with Gasteiger partial charge in [-0.15, -0.1) is 0 Å². The molecule has 0 radical (unpaired) electrons. The Morgan fingerprint density at radius 1 is 1.20 bits per heavy atom. The summed E-state index contributed by atoms with van der Waals surface area (Å²) in [5, 5.41) is 0. The highest BCUT2D eigenvalue weighted by molar-refractivity contribution is 5.72. The number of ether oxygens (including phenoxy) is 2. The fraction of sp³-hybridized carbons (Fsp3) is 0.588. The number of hydrogen-bond acceptors (Lipinski definition) is 3. The molecule has 0 bridgehead atoms. The van der Waals surface area contributed by atoms with Gasteiger partial charge in [-0.25, -0.2) is 0 Å². The Kier molecular flexibility index (Phi) is 5.60. The molecule has 0 aromatic heterocycles. The predicted molar refractivity (Wildman–Crippen MR) is 78.4 cm³/mol. The number of benzene rings is 1. The molecule has 2 atom stereocenters. The molecule has 0 saturated heterocycles. The molecule has 1 aliphatic carbocycles. The van der Waals surface area contributed by atoms with Crippen molar-refractivity contribution in [3.8, 4) is 0 Å². The van der Waals surface area contributed by atoms with E-state index in [1.807, 2.05) is 24.3 Å². The van der Waals surface area contributed by atoms with Gasteiger partial charge in [-0.2, -0.15) is 0 Å². The zero-order chi connectivity index (χ0) is 14.4. The van der Waals surface area contributed by atoms with Gasteiger partial charge in [0.05, 0.1) is 26.2 Å². The molecule has 1 saturated carbocycles. The van der Waals surface area contributed by atoms with E-state index in [-0.39, 0.29) is 5.97 Å². The van der Waals surface area contributed by atoms with Crippen molar-refractivity contribution in [1.29, 1.82) is 0 Å². The third kappa shape index (κ3) is 4.07. The number of carbonyl (C=O) groups excluding carboxylic acids is 1. The lowest BCUT2D eigenvalue weighted by atomic mass is 9.88. The fourth-order valence-corrected chi connectivity index (χ4v) is 2.83. The molecule has 0 N–H and O–H groups in total. The van der Waals surface area contributed by atoms with Crippen molar-refractivity contribution in [2.45, 2.75) is 51.7 Å². The first kappa shape index (κ1) is 15.0. The second-order valence-corrected chi connectivity index (χ2v) is 5.63. The van der Waals surface area contributed by atoms with E-state index in [9.17, 15) is 4.79 Å². The summed E-state index contributed by atoms with van der Waals surface area (Å²) in [4.78, 5) is 11.4.